The van der Waals surface area contributed by atoms with Crippen molar-refractivity contribution in [1.29, 1.82) is 0 Å². The number of hydrogen-bond acceptors (Lipinski definition) is 3. The second-order valence-corrected chi connectivity index (χ2v) is 5.56. The number of hydrogen-bond donors (Lipinski definition) is 0. The molecular formula is C9H10BrNO2S. The van der Waals surface area contributed by atoms with E-state index in [4.69, 9.17) is 4.74 Å². The van der Waals surface area contributed by atoms with E-state index in [2.05, 4.69) is 15.9 Å². The maximum Gasteiger partial charge on any atom is 0.264 e. The Morgan fingerprint density at radius 1 is 1.71 bits per heavy atom. The fourth-order valence-corrected chi connectivity index (χ4v) is 3.13. The van der Waals surface area contributed by atoms with Crippen LogP contribution in [-0.4, -0.2) is 31.1 Å². The van der Waals surface area contributed by atoms with Crippen LogP contribution in [0.1, 0.15) is 15.2 Å². The van der Waals surface area contributed by atoms with Crippen molar-refractivity contribution in [2.24, 2.45) is 0 Å². The highest BCUT2D eigenvalue weighted by Gasteiger charge is 2.29. The van der Waals surface area contributed by atoms with Crippen molar-refractivity contribution in [2.75, 3.05) is 20.3 Å². The van der Waals surface area contributed by atoms with E-state index >= 15 is 0 Å². The third-order valence-corrected chi connectivity index (χ3v) is 3.86. The average Bonchev–Trinajstić information content (AvgIpc) is 2.63. The molecule has 0 saturated heterocycles. The molecule has 1 aromatic heterocycles. The summed E-state index contributed by atoms with van der Waals surface area (Å²) in [5.74, 6) is 0.132. The Labute approximate surface area is 94.8 Å². The molecule has 76 valence electrons. The minimum atomic E-state index is 0.132. The maximum absolute atomic E-state index is 11.8. The molecule has 0 spiro atoms. The molecule has 1 aliphatic heterocycles. The molecule has 0 aliphatic carbocycles. The molecule has 0 radical (unpaired) electrons. The summed E-state index contributed by atoms with van der Waals surface area (Å²) in [5.41, 5.74) is 1.13. The number of thiophene rings is 1. The first-order valence-corrected chi connectivity index (χ1v) is 5.89. The second kappa shape index (κ2) is 4.00. The van der Waals surface area contributed by atoms with Crippen LogP contribution < -0.4 is 0 Å². The number of rotatable bonds is 3. The average molecular weight is 276 g/mol. The van der Waals surface area contributed by atoms with E-state index in [0.717, 1.165) is 20.8 Å². The molecule has 2 rings (SSSR count). The summed E-state index contributed by atoms with van der Waals surface area (Å²) in [5, 5.41) is 0. The molecule has 0 unspecified atom stereocenters. The number of halogens is 1. The van der Waals surface area contributed by atoms with Crippen molar-refractivity contribution in [1.82, 2.24) is 4.90 Å². The van der Waals surface area contributed by atoms with Gasteiger partial charge in [-0.3, -0.25) is 4.79 Å². The third kappa shape index (κ3) is 1.71. The summed E-state index contributed by atoms with van der Waals surface area (Å²) in [6.07, 6.45) is 0. The first kappa shape index (κ1) is 10.1. The highest BCUT2D eigenvalue weighted by Crippen LogP contribution is 2.33. The van der Waals surface area contributed by atoms with E-state index in [0.29, 0.717) is 13.2 Å². The van der Waals surface area contributed by atoms with Crippen LogP contribution in [0.4, 0.5) is 0 Å². The maximum atomic E-state index is 11.8. The first-order chi connectivity index (χ1) is 6.72. The lowest BCUT2D eigenvalue weighted by molar-refractivity contribution is 0.0722. The number of amides is 1. The topological polar surface area (TPSA) is 29.5 Å². The number of carbonyl (C=O) groups excluding carboxylic acids is 1. The minimum absolute atomic E-state index is 0.132. The summed E-state index contributed by atoms with van der Waals surface area (Å²) < 4.78 is 5.98. The Morgan fingerprint density at radius 2 is 2.50 bits per heavy atom. The van der Waals surface area contributed by atoms with Crippen LogP contribution in [0.15, 0.2) is 9.85 Å². The molecule has 3 nitrogen and oxygen atoms in total. The van der Waals surface area contributed by atoms with Gasteiger partial charge in [0.25, 0.3) is 5.91 Å². The Bertz CT molecular complexity index is 364. The van der Waals surface area contributed by atoms with Gasteiger partial charge in [0.1, 0.15) is 0 Å². The zero-order valence-corrected chi connectivity index (χ0v) is 10.2. The molecule has 1 aliphatic rings. The van der Waals surface area contributed by atoms with Crippen LogP contribution in [-0.2, 0) is 11.3 Å². The number of fused-ring (bicyclic) bond motifs is 1. The molecule has 14 heavy (non-hydrogen) atoms. The summed E-state index contributed by atoms with van der Waals surface area (Å²) in [6, 6.07) is 2.02. The van der Waals surface area contributed by atoms with Gasteiger partial charge < -0.3 is 9.64 Å². The van der Waals surface area contributed by atoms with Crippen molar-refractivity contribution in [2.45, 2.75) is 6.54 Å². The Kier molecular flexibility index (Phi) is 2.90. The summed E-state index contributed by atoms with van der Waals surface area (Å²) in [6.45, 7) is 2.00. The van der Waals surface area contributed by atoms with E-state index in [9.17, 15) is 4.79 Å². The highest BCUT2D eigenvalue weighted by atomic mass is 79.9. The van der Waals surface area contributed by atoms with Crippen LogP contribution in [0.5, 0.6) is 0 Å². The molecule has 0 N–H and O–H groups in total. The van der Waals surface area contributed by atoms with Gasteiger partial charge in [0.2, 0.25) is 0 Å². The van der Waals surface area contributed by atoms with Crippen LogP contribution in [0.2, 0.25) is 0 Å². The quantitative estimate of drug-likeness (QED) is 0.846. The van der Waals surface area contributed by atoms with Gasteiger partial charge in [-0.15, -0.1) is 11.3 Å². The molecule has 0 bridgehead atoms. The van der Waals surface area contributed by atoms with Crippen LogP contribution >= 0.6 is 27.3 Å². The fraction of sp³-hybridized carbons (Fsp3) is 0.444. The standard InChI is InChI=1S/C9H10BrNO2S/c1-13-3-2-11-5-6-4-7(10)14-8(6)9(11)12/h4H,2-3,5H2,1H3. The highest BCUT2D eigenvalue weighted by molar-refractivity contribution is 9.11. The monoisotopic (exact) mass is 275 g/mol. The van der Waals surface area contributed by atoms with Gasteiger partial charge in [0.05, 0.1) is 15.3 Å². The van der Waals surface area contributed by atoms with Crippen molar-refractivity contribution in [3.05, 3.63) is 20.3 Å². The number of carbonyl (C=O) groups is 1. The number of methoxy groups -OCH3 is 1. The van der Waals surface area contributed by atoms with Crippen molar-refractivity contribution in [3.8, 4) is 0 Å². The predicted molar refractivity (Wildman–Crippen MR) is 58.6 cm³/mol. The summed E-state index contributed by atoms with van der Waals surface area (Å²) >= 11 is 4.89. The van der Waals surface area contributed by atoms with Gasteiger partial charge >= 0.3 is 0 Å². The van der Waals surface area contributed by atoms with Gasteiger partial charge in [-0.1, -0.05) is 0 Å². The molecule has 2 heterocycles. The molecule has 0 fully saturated rings. The van der Waals surface area contributed by atoms with E-state index in [1.165, 1.54) is 11.3 Å². The molecular weight excluding hydrogens is 266 g/mol. The zero-order valence-electron chi connectivity index (χ0n) is 7.75. The Balaban J connectivity index is 2.11. The predicted octanol–water partition coefficient (Wildman–Crippen LogP) is 2.11. The minimum Gasteiger partial charge on any atom is -0.383 e. The summed E-state index contributed by atoms with van der Waals surface area (Å²) in [4.78, 5) is 14.5. The van der Waals surface area contributed by atoms with Gasteiger partial charge in [-0.25, -0.2) is 0 Å². The second-order valence-electron chi connectivity index (χ2n) is 3.12. The van der Waals surface area contributed by atoms with Crippen molar-refractivity contribution >= 4 is 33.2 Å². The molecule has 1 aromatic rings. The Morgan fingerprint density at radius 3 is 3.14 bits per heavy atom. The van der Waals surface area contributed by atoms with E-state index < -0.39 is 0 Å². The van der Waals surface area contributed by atoms with Gasteiger partial charge in [-0.2, -0.15) is 0 Å². The SMILES string of the molecule is COCCN1Cc2cc(Br)sc2C1=O. The lowest BCUT2D eigenvalue weighted by Gasteiger charge is -2.14. The lowest BCUT2D eigenvalue weighted by Crippen LogP contribution is -2.27. The van der Waals surface area contributed by atoms with Crippen LogP contribution in [0.25, 0.3) is 0 Å². The summed E-state index contributed by atoms with van der Waals surface area (Å²) in [7, 11) is 1.65. The molecule has 1 amide bonds. The van der Waals surface area contributed by atoms with Gasteiger partial charge in [0.15, 0.2) is 0 Å². The van der Waals surface area contributed by atoms with Crippen molar-refractivity contribution < 1.29 is 9.53 Å². The van der Waals surface area contributed by atoms with E-state index in [1.54, 1.807) is 7.11 Å². The van der Waals surface area contributed by atoms with Crippen LogP contribution in [0.3, 0.4) is 0 Å². The van der Waals surface area contributed by atoms with E-state index in [-0.39, 0.29) is 5.91 Å². The number of nitrogens with zero attached hydrogens (tertiary/aromatic N) is 1. The van der Waals surface area contributed by atoms with Crippen LogP contribution in [0, 0.1) is 0 Å². The molecule has 0 atom stereocenters. The number of ether oxygens (including phenoxy) is 1. The van der Waals surface area contributed by atoms with Crippen molar-refractivity contribution in [3.63, 3.8) is 0 Å². The smallest absolute Gasteiger partial charge is 0.264 e. The van der Waals surface area contributed by atoms with E-state index in [1.807, 2.05) is 11.0 Å². The lowest BCUT2D eigenvalue weighted by atomic mass is 10.3. The Hall–Kier alpha value is -0.390. The molecule has 0 saturated carbocycles. The molecule has 0 aromatic carbocycles. The molecule has 5 heteroatoms. The van der Waals surface area contributed by atoms with Gasteiger partial charge in [-0.05, 0) is 27.6 Å². The first-order valence-electron chi connectivity index (χ1n) is 4.29. The fourth-order valence-electron chi connectivity index (χ4n) is 1.50. The normalized spacial score (nSPS) is 15.0. The third-order valence-electron chi connectivity index (χ3n) is 2.19. The largest absolute Gasteiger partial charge is 0.383 e. The van der Waals surface area contributed by atoms with Gasteiger partial charge in [0, 0.05) is 20.2 Å². The zero-order chi connectivity index (χ0) is 10.1.